The van der Waals surface area contributed by atoms with Crippen molar-refractivity contribution >= 4 is 21.7 Å². The summed E-state index contributed by atoms with van der Waals surface area (Å²) in [6.45, 7) is 6.62. The van der Waals surface area contributed by atoms with Crippen molar-refractivity contribution in [2.45, 2.75) is 44.7 Å². The van der Waals surface area contributed by atoms with Crippen LogP contribution < -0.4 is 10.1 Å². The minimum absolute atomic E-state index is 0.121. The van der Waals surface area contributed by atoms with E-state index in [2.05, 4.69) is 20.5 Å². The Morgan fingerprint density at radius 3 is 2.76 bits per heavy atom. The number of sulfonamides is 1. The molecule has 0 saturated carbocycles. The van der Waals surface area contributed by atoms with E-state index in [1.165, 1.54) is 17.5 Å². The van der Waals surface area contributed by atoms with Crippen LogP contribution in [0.3, 0.4) is 0 Å². The number of nitrogens with zero attached hydrogens (tertiary/aromatic N) is 5. The predicted octanol–water partition coefficient (Wildman–Crippen LogP) is 3.10. The first-order chi connectivity index (χ1) is 15.8. The van der Waals surface area contributed by atoms with Crippen LogP contribution in [0.2, 0.25) is 0 Å². The van der Waals surface area contributed by atoms with E-state index in [-0.39, 0.29) is 23.0 Å². The number of rotatable bonds is 7. The second kappa shape index (κ2) is 8.91. The van der Waals surface area contributed by atoms with Gasteiger partial charge in [-0.25, -0.2) is 13.4 Å². The maximum absolute atomic E-state index is 13.1. The summed E-state index contributed by atoms with van der Waals surface area (Å²) in [6, 6.07) is 8.32. The fourth-order valence-electron chi connectivity index (χ4n) is 3.79. The number of nitrogens with one attached hydrogen (secondary N) is 1. The third kappa shape index (κ3) is 4.21. The summed E-state index contributed by atoms with van der Waals surface area (Å²) in [4.78, 5) is 17.7. The molecule has 3 aromatic rings. The highest BCUT2D eigenvalue weighted by Gasteiger charge is 2.36. The topological polar surface area (TPSA) is 119 Å². The zero-order chi connectivity index (χ0) is 23.8. The molecule has 11 heteroatoms. The number of fused-ring (bicyclic) bond motifs is 1. The molecule has 1 amide bonds. The standard InChI is InChI=1S/C22H26N6O4S/c1-5-9-27-12-15-10-18(32-4)16(11-19(15)33(27,30)31)22(29)25-20-8-6-7-17(24-20)21-26-23-13-28(21)14(2)3/h6-8,10-11,13-14H,5,9,12H2,1-4H3,(H,24,25,29). The van der Waals surface area contributed by atoms with Crippen molar-refractivity contribution in [1.82, 2.24) is 24.1 Å². The van der Waals surface area contributed by atoms with Crippen LogP contribution in [-0.2, 0) is 16.6 Å². The molecule has 0 saturated heterocycles. The van der Waals surface area contributed by atoms with Crippen molar-refractivity contribution in [3.05, 3.63) is 47.8 Å². The van der Waals surface area contributed by atoms with E-state index in [1.54, 1.807) is 30.6 Å². The van der Waals surface area contributed by atoms with Gasteiger partial charge in [0, 0.05) is 19.1 Å². The molecular weight excluding hydrogens is 444 g/mol. The van der Waals surface area contributed by atoms with E-state index in [0.29, 0.717) is 41.6 Å². The third-order valence-corrected chi connectivity index (χ3v) is 7.34. The molecule has 33 heavy (non-hydrogen) atoms. The van der Waals surface area contributed by atoms with Gasteiger partial charge < -0.3 is 14.6 Å². The van der Waals surface area contributed by atoms with Crippen molar-refractivity contribution in [1.29, 1.82) is 0 Å². The number of amides is 1. The average Bonchev–Trinajstić information content (AvgIpc) is 3.37. The maximum atomic E-state index is 13.1. The molecule has 0 fully saturated rings. The molecule has 10 nitrogen and oxygen atoms in total. The normalized spacial score (nSPS) is 14.9. The van der Waals surface area contributed by atoms with Crippen LogP contribution in [0.4, 0.5) is 5.82 Å². The number of aromatic nitrogens is 4. The molecular formula is C22H26N6O4S. The second-order valence-electron chi connectivity index (χ2n) is 8.02. The van der Waals surface area contributed by atoms with Crippen LogP contribution in [0.1, 0.15) is 49.2 Å². The molecule has 1 aliphatic rings. The Bertz CT molecular complexity index is 1300. The first-order valence-electron chi connectivity index (χ1n) is 10.7. The number of anilines is 1. The average molecular weight is 471 g/mol. The number of ether oxygens (including phenoxy) is 1. The number of carbonyl (C=O) groups excluding carboxylic acids is 1. The summed E-state index contributed by atoms with van der Waals surface area (Å²) in [6.07, 6.45) is 2.33. The molecule has 0 spiro atoms. The molecule has 2 aromatic heterocycles. The number of pyridine rings is 1. The second-order valence-corrected chi connectivity index (χ2v) is 9.92. The van der Waals surface area contributed by atoms with Gasteiger partial charge in [0.05, 0.1) is 17.6 Å². The maximum Gasteiger partial charge on any atom is 0.260 e. The molecule has 174 valence electrons. The molecule has 0 atom stereocenters. The molecule has 1 N–H and O–H groups in total. The minimum atomic E-state index is -3.65. The SMILES string of the molecule is CCCN1Cc2cc(OC)c(C(=O)Nc3cccc(-c4nncn4C(C)C)n3)cc2S1(=O)=O. The first kappa shape index (κ1) is 22.9. The molecule has 3 heterocycles. The largest absolute Gasteiger partial charge is 0.496 e. The first-order valence-corrected chi connectivity index (χ1v) is 12.1. The highest BCUT2D eigenvalue weighted by molar-refractivity contribution is 7.89. The van der Waals surface area contributed by atoms with Crippen molar-refractivity contribution in [3.8, 4) is 17.3 Å². The summed E-state index contributed by atoms with van der Waals surface area (Å²) in [5, 5.41) is 10.8. The lowest BCUT2D eigenvalue weighted by molar-refractivity contribution is 0.102. The van der Waals surface area contributed by atoms with Gasteiger partial charge in [-0.1, -0.05) is 13.0 Å². The summed E-state index contributed by atoms with van der Waals surface area (Å²) in [5.41, 5.74) is 1.29. The Kier molecular flexibility index (Phi) is 6.17. The summed E-state index contributed by atoms with van der Waals surface area (Å²) < 4.78 is 34.5. The van der Waals surface area contributed by atoms with Crippen LogP contribution in [0.5, 0.6) is 5.75 Å². The molecule has 0 unspecified atom stereocenters. The lowest BCUT2D eigenvalue weighted by Crippen LogP contribution is -2.25. The minimum Gasteiger partial charge on any atom is -0.496 e. The number of carbonyl (C=O) groups is 1. The zero-order valence-corrected chi connectivity index (χ0v) is 19.8. The van der Waals surface area contributed by atoms with Gasteiger partial charge in [-0.3, -0.25) is 4.79 Å². The van der Waals surface area contributed by atoms with E-state index in [1.807, 2.05) is 25.3 Å². The number of benzene rings is 1. The van der Waals surface area contributed by atoms with Gasteiger partial charge in [-0.15, -0.1) is 10.2 Å². The van der Waals surface area contributed by atoms with Crippen LogP contribution in [0.25, 0.3) is 11.5 Å². The Morgan fingerprint density at radius 2 is 2.06 bits per heavy atom. The molecule has 1 aliphatic heterocycles. The summed E-state index contributed by atoms with van der Waals surface area (Å²) in [5.74, 6) is 0.663. The molecule has 0 bridgehead atoms. The molecule has 4 rings (SSSR count). The highest BCUT2D eigenvalue weighted by Crippen LogP contribution is 2.35. The number of hydrogen-bond donors (Lipinski definition) is 1. The Morgan fingerprint density at radius 1 is 1.27 bits per heavy atom. The van der Waals surface area contributed by atoms with Crippen molar-refractivity contribution in [3.63, 3.8) is 0 Å². The van der Waals surface area contributed by atoms with Crippen LogP contribution in [0, 0.1) is 0 Å². The van der Waals surface area contributed by atoms with Crippen LogP contribution in [-0.4, -0.2) is 52.0 Å². The van der Waals surface area contributed by atoms with Gasteiger partial charge in [0.1, 0.15) is 23.6 Å². The fourth-order valence-corrected chi connectivity index (χ4v) is 5.52. The number of methoxy groups -OCH3 is 1. The predicted molar refractivity (Wildman–Crippen MR) is 122 cm³/mol. The highest BCUT2D eigenvalue weighted by atomic mass is 32.2. The quantitative estimate of drug-likeness (QED) is 0.563. The van der Waals surface area contributed by atoms with E-state index in [0.717, 1.165) is 0 Å². The lowest BCUT2D eigenvalue weighted by atomic mass is 10.1. The van der Waals surface area contributed by atoms with Gasteiger partial charge >= 0.3 is 0 Å². The molecule has 0 aliphatic carbocycles. The Balaban J connectivity index is 1.65. The van der Waals surface area contributed by atoms with Gasteiger partial charge in [-0.05, 0) is 50.1 Å². The zero-order valence-electron chi connectivity index (χ0n) is 18.9. The van der Waals surface area contributed by atoms with Crippen molar-refractivity contribution in [2.24, 2.45) is 0 Å². The van der Waals surface area contributed by atoms with Gasteiger partial charge in [-0.2, -0.15) is 4.31 Å². The van der Waals surface area contributed by atoms with Gasteiger partial charge in [0.2, 0.25) is 10.0 Å². The van der Waals surface area contributed by atoms with Crippen molar-refractivity contribution < 1.29 is 17.9 Å². The summed E-state index contributed by atoms with van der Waals surface area (Å²) >= 11 is 0. The van der Waals surface area contributed by atoms with E-state index in [9.17, 15) is 13.2 Å². The smallest absolute Gasteiger partial charge is 0.260 e. The van der Waals surface area contributed by atoms with Crippen LogP contribution in [0.15, 0.2) is 41.6 Å². The van der Waals surface area contributed by atoms with E-state index < -0.39 is 15.9 Å². The Hall–Kier alpha value is -3.31. The molecule has 0 radical (unpaired) electrons. The van der Waals surface area contributed by atoms with Gasteiger partial charge in [0.15, 0.2) is 5.82 Å². The van der Waals surface area contributed by atoms with Crippen LogP contribution >= 0.6 is 0 Å². The molecule has 1 aromatic carbocycles. The third-order valence-electron chi connectivity index (χ3n) is 5.41. The summed E-state index contributed by atoms with van der Waals surface area (Å²) in [7, 11) is -2.20. The van der Waals surface area contributed by atoms with Crippen molar-refractivity contribution in [2.75, 3.05) is 19.0 Å². The lowest BCUT2D eigenvalue weighted by Gasteiger charge is -2.13. The fraction of sp³-hybridized carbons (Fsp3) is 0.364. The van der Waals surface area contributed by atoms with E-state index in [4.69, 9.17) is 4.74 Å². The monoisotopic (exact) mass is 470 g/mol. The number of hydrogen-bond acceptors (Lipinski definition) is 7. The van der Waals surface area contributed by atoms with Gasteiger partial charge in [0.25, 0.3) is 5.91 Å². The Labute approximate surface area is 192 Å². The van der Waals surface area contributed by atoms with E-state index >= 15 is 0 Å².